The van der Waals surface area contributed by atoms with Crippen molar-refractivity contribution in [1.82, 2.24) is 4.98 Å². The lowest BCUT2D eigenvalue weighted by Crippen LogP contribution is -2.18. The first-order chi connectivity index (χ1) is 9.08. The average molecular weight is 259 g/mol. The van der Waals surface area contributed by atoms with Gasteiger partial charge in [0.15, 0.2) is 0 Å². The summed E-state index contributed by atoms with van der Waals surface area (Å²) in [6.07, 6.45) is 3.51. The summed E-state index contributed by atoms with van der Waals surface area (Å²) in [7, 11) is 1.86. The first-order valence-corrected chi connectivity index (χ1v) is 6.23. The smallest absolute Gasteiger partial charge is 0.146 e. The van der Waals surface area contributed by atoms with E-state index in [1.807, 2.05) is 37.1 Å². The summed E-state index contributed by atoms with van der Waals surface area (Å²) in [5.41, 5.74) is 8.15. The van der Waals surface area contributed by atoms with Gasteiger partial charge in [-0.05, 0) is 36.2 Å². The summed E-state index contributed by atoms with van der Waals surface area (Å²) in [6.45, 7) is 2.45. The Kier molecular flexibility index (Phi) is 4.12. The minimum atomic E-state index is -0.249. The summed E-state index contributed by atoms with van der Waals surface area (Å²) < 4.78 is 14.1. The lowest BCUT2D eigenvalue weighted by molar-refractivity contribution is 0.617. The summed E-state index contributed by atoms with van der Waals surface area (Å²) in [6, 6.07) is 8.82. The van der Waals surface area contributed by atoms with Gasteiger partial charge in [0.05, 0.1) is 5.69 Å². The molecule has 0 radical (unpaired) electrons. The number of benzene rings is 1. The number of pyridine rings is 1. The first kappa shape index (κ1) is 13.5. The number of anilines is 1. The van der Waals surface area contributed by atoms with Gasteiger partial charge in [-0.15, -0.1) is 0 Å². The highest BCUT2D eigenvalue weighted by Crippen LogP contribution is 2.23. The van der Waals surface area contributed by atoms with Crippen LogP contribution in [0.2, 0.25) is 0 Å². The van der Waals surface area contributed by atoms with Gasteiger partial charge < -0.3 is 10.6 Å². The average Bonchev–Trinajstić information content (AvgIpc) is 2.39. The van der Waals surface area contributed by atoms with E-state index in [-0.39, 0.29) is 11.9 Å². The number of rotatable bonds is 4. The number of nitrogens with zero attached hydrogens (tertiary/aromatic N) is 2. The molecule has 3 nitrogen and oxygen atoms in total. The molecule has 0 saturated heterocycles. The molecule has 1 heterocycles. The maximum atomic E-state index is 14.1. The Morgan fingerprint density at radius 3 is 2.74 bits per heavy atom. The molecule has 0 saturated carbocycles. The summed E-state index contributed by atoms with van der Waals surface area (Å²) >= 11 is 0. The molecule has 0 bridgehead atoms. The standard InChI is InChI=1S/C15H18FN3/c1-11(17)13-5-6-15(14(16)8-13)19(2)10-12-4-3-7-18-9-12/h3-9,11H,10,17H2,1-2H3. The molecule has 4 heteroatoms. The van der Waals surface area contributed by atoms with E-state index in [4.69, 9.17) is 5.73 Å². The number of nitrogens with two attached hydrogens (primary N) is 1. The van der Waals surface area contributed by atoms with E-state index in [0.29, 0.717) is 12.2 Å². The van der Waals surface area contributed by atoms with E-state index in [2.05, 4.69) is 4.98 Å². The molecule has 0 aliphatic rings. The van der Waals surface area contributed by atoms with Crippen LogP contribution in [-0.4, -0.2) is 12.0 Å². The summed E-state index contributed by atoms with van der Waals surface area (Å²) in [5.74, 6) is -0.249. The van der Waals surface area contributed by atoms with Gasteiger partial charge in [-0.3, -0.25) is 4.98 Å². The van der Waals surface area contributed by atoms with Crippen LogP contribution in [-0.2, 0) is 6.54 Å². The van der Waals surface area contributed by atoms with Gasteiger partial charge in [-0.1, -0.05) is 12.1 Å². The minimum Gasteiger partial charge on any atom is -0.368 e. The Morgan fingerprint density at radius 2 is 2.16 bits per heavy atom. The quantitative estimate of drug-likeness (QED) is 0.918. The number of halogens is 1. The van der Waals surface area contributed by atoms with Crippen molar-refractivity contribution in [1.29, 1.82) is 0 Å². The van der Waals surface area contributed by atoms with Gasteiger partial charge in [0.1, 0.15) is 5.82 Å². The van der Waals surface area contributed by atoms with Crippen LogP contribution >= 0.6 is 0 Å². The monoisotopic (exact) mass is 259 g/mol. The molecule has 1 aromatic heterocycles. The van der Waals surface area contributed by atoms with Crippen LogP contribution in [0.1, 0.15) is 24.1 Å². The topological polar surface area (TPSA) is 42.1 Å². The zero-order valence-electron chi connectivity index (χ0n) is 11.2. The van der Waals surface area contributed by atoms with E-state index >= 15 is 0 Å². The Balaban J connectivity index is 2.17. The molecule has 0 aliphatic carbocycles. The SMILES string of the molecule is CC(N)c1ccc(N(C)Cc2cccnc2)c(F)c1. The molecule has 2 rings (SSSR count). The van der Waals surface area contributed by atoms with Crippen LogP contribution in [0.25, 0.3) is 0 Å². The van der Waals surface area contributed by atoms with Crippen LogP contribution in [0.5, 0.6) is 0 Å². The van der Waals surface area contributed by atoms with Crippen molar-refractivity contribution in [3.8, 4) is 0 Å². The molecule has 19 heavy (non-hydrogen) atoms. The highest BCUT2D eigenvalue weighted by Gasteiger charge is 2.10. The Labute approximate surface area is 112 Å². The highest BCUT2D eigenvalue weighted by molar-refractivity contribution is 5.49. The van der Waals surface area contributed by atoms with E-state index < -0.39 is 0 Å². The molecule has 1 atom stereocenters. The molecule has 0 amide bonds. The Morgan fingerprint density at radius 1 is 1.37 bits per heavy atom. The van der Waals surface area contributed by atoms with Crippen molar-refractivity contribution in [3.63, 3.8) is 0 Å². The molecule has 100 valence electrons. The summed E-state index contributed by atoms with van der Waals surface area (Å²) in [5, 5.41) is 0. The van der Waals surface area contributed by atoms with Crippen molar-refractivity contribution in [2.24, 2.45) is 5.73 Å². The van der Waals surface area contributed by atoms with Crippen LogP contribution < -0.4 is 10.6 Å². The van der Waals surface area contributed by atoms with Gasteiger partial charge in [0.25, 0.3) is 0 Å². The first-order valence-electron chi connectivity index (χ1n) is 6.23. The molecule has 1 unspecified atom stereocenters. The normalized spacial score (nSPS) is 12.2. The number of hydrogen-bond donors (Lipinski definition) is 1. The van der Waals surface area contributed by atoms with Crippen LogP contribution in [0.15, 0.2) is 42.7 Å². The Hall–Kier alpha value is -1.94. The second-order valence-corrected chi connectivity index (χ2v) is 4.72. The van der Waals surface area contributed by atoms with Crippen LogP contribution in [0, 0.1) is 5.82 Å². The second kappa shape index (κ2) is 5.80. The zero-order chi connectivity index (χ0) is 13.8. The van der Waals surface area contributed by atoms with Crippen molar-refractivity contribution >= 4 is 5.69 Å². The molecule has 0 fully saturated rings. The minimum absolute atomic E-state index is 0.160. The van der Waals surface area contributed by atoms with Crippen molar-refractivity contribution in [2.75, 3.05) is 11.9 Å². The van der Waals surface area contributed by atoms with Crippen molar-refractivity contribution < 1.29 is 4.39 Å². The molecular formula is C15H18FN3. The fourth-order valence-corrected chi connectivity index (χ4v) is 1.97. The van der Waals surface area contributed by atoms with Gasteiger partial charge >= 0.3 is 0 Å². The van der Waals surface area contributed by atoms with Gasteiger partial charge in [-0.2, -0.15) is 0 Å². The van der Waals surface area contributed by atoms with E-state index in [0.717, 1.165) is 11.1 Å². The third-order valence-electron chi connectivity index (χ3n) is 3.05. The second-order valence-electron chi connectivity index (χ2n) is 4.72. The third kappa shape index (κ3) is 3.29. The van der Waals surface area contributed by atoms with Crippen LogP contribution in [0.4, 0.5) is 10.1 Å². The lowest BCUT2D eigenvalue weighted by Gasteiger charge is -2.20. The largest absolute Gasteiger partial charge is 0.368 e. The van der Waals surface area contributed by atoms with E-state index in [1.165, 1.54) is 6.07 Å². The number of aromatic nitrogens is 1. The molecule has 1 aromatic carbocycles. The van der Waals surface area contributed by atoms with Crippen molar-refractivity contribution in [3.05, 3.63) is 59.7 Å². The summed E-state index contributed by atoms with van der Waals surface area (Å²) in [4.78, 5) is 5.91. The van der Waals surface area contributed by atoms with Gasteiger partial charge in [0.2, 0.25) is 0 Å². The Bertz CT molecular complexity index is 540. The maximum Gasteiger partial charge on any atom is 0.146 e. The van der Waals surface area contributed by atoms with E-state index in [9.17, 15) is 4.39 Å². The molecule has 2 aromatic rings. The van der Waals surface area contributed by atoms with Gasteiger partial charge in [0, 0.05) is 32.0 Å². The van der Waals surface area contributed by atoms with Crippen LogP contribution in [0.3, 0.4) is 0 Å². The fourth-order valence-electron chi connectivity index (χ4n) is 1.97. The molecule has 2 N–H and O–H groups in total. The van der Waals surface area contributed by atoms with Gasteiger partial charge in [-0.25, -0.2) is 4.39 Å². The predicted molar refractivity (Wildman–Crippen MR) is 75.3 cm³/mol. The highest BCUT2D eigenvalue weighted by atomic mass is 19.1. The third-order valence-corrected chi connectivity index (χ3v) is 3.05. The lowest BCUT2D eigenvalue weighted by atomic mass is 10.1. The maximum absolute atomic E-state index is 14.1. The molecular weight excluding hydrogens is 241 g/mol. The zero-order valence-corrected chi connectivity index (χ0v) is 11.2. The van der Waals surface area contributed by atoms with E-state index in [1.54, 1.807) is 18.5 Å². The predicted octanol–water partition coefficient (Wildman–Crippen LogP) is 2.88. The van der Waals surface area contributed by atoms with Crippen molar-refractivity contribution in [2.45, 2.75) is 19.5 Å². The number of hydrogen-bond acceptors (Lipinski definition) is 3. The fraction of sp³-hybridized carbons (Fsp3) is 0.267. The molecule has 0 spiro atoms. The molecule has 0 aliphatic heterocycles.